The molecular formula is C15H14BrNO3. The molecule has 0 fully saturated rings. The van der Waals surface area contributed by atoms with Crippen LogP contribution in [-0.2, 0) is 6.61 Å². The predicted octanol–water partition coefficient (Wildman–Crippen LogP) is 4.55. The van der Waals surface area contributed by atoms with E-state index in [1.54, 1.807) is 0 Å². The molecule has 0 spiro atoms. The lowest BCUT2D eigenvalue weighted by Crippen LogP contribution is -2.00. The van der Waals surface area contributed by atoms with Crippen molar-refractivity contribution in [3.63, 3.8) is 0 Å². The Labute approximate surface area is 125 Å². The summed E-state index contributed by atoms with van der Waals surface area (Å²) in [5.41, 5.74) is 2.68. The Morgan fingerprint density at radius 3 is 2.20 bits per heavy atom. The summed E-state index contributed by atoms with van der Waals surface area (Å²) in [7, 11) is 0. The van der Waals surface area contributed by atoms with Crippen LogP contribution in [0.2, 0.25) is 0 Å². The molecule has 2 aromatic carbocycles. The zero-order valence-corrected chi connectivity index (χ0v) is 12.8. The van der Waals surface area contributed by atoms with E-state index in [9.17, 15) is 10.1 Å². The lowest BCUT2D eigenvalue weighted by molar-refractivity contribution is -0.385. The number of nitro groups is 1. The van der Waals surface area contributed by atoms with Gasteiger partial charge >= 0.3 is 0 Å². The number of aryl methyl sites for hydroxylation is 2. The molecule has 5 heteroatoms. The Bertz CT molecular complexity index is 615. The van der Waals surface area contributed by atoms with Gasteiger partial charge in [0, 0.05) is 16.6 Å². The third-order valence-corrected chi connectivity index (χ3v) is 3.48. The summed E-state index contributed by atoms with van der Waals surface area (Å²) in [5, 5.41) is 10.8. The zero-order chi connectivity index (χ0) is 14.7. The first-order valence-corrected chi connectivity index (χ1v) is 6.89. The molecule has 0 heterocycles. The highest BCUT2D eigenvalue weighted by molar-refractivity contribution is 9.10. The van der Waals surface area contributed by atoms with Crippen LogP contribution >= 0.6 is 15.9 Å². The van der Waals surface area contributed by atoms with Crippen LogP contribution in [0.25, 0.3) is 0 Å². The first-order valence-electron chi connectivity index (χ1n) is 6.10. The molecule has 0 saturated carbocycles. The molecule has 0 aliphatic carbocycles. The summed E-state index contributed by atoms with van der Waals surface area (Å²) in [6.07, 6.45) is 0. The Hall–Kier alpha value is -1.88. The van der Waals surface area contributed by atoms with E-state index < -0.39 is 4.92 Å². The van der Waals surface area contributed by atoms with Gasteiger partial charge in [-0.05, 0) is 42.7 Å². The molecule has 2 aromatic rings. The zero-order valence-electron chi connectivity index (χ0n) is 11.2. The maximum absolute atomic E-state index is 10.8. The van der Waals surface area contributed by atoms with E-state index in [2.05, 4.69) is 15.9 Å². The van der Waals surface area contributed by atoms with Gasteiger partial charge < -0.3 is 4.74 Å². The van der Waals surface area contributed by atoms with Crippen LogP contribution in [-0.4, -0.2) is 4.92 Å². The van der Waals surface area contributed by atoms with Crippen molar-refractivity contribution in [3.8, 4) is 5.75 Å². The number of rotatable bonds is 4. The Morgan fingerprint density at radius 2 is 1.70 bits per heavy atom. The predicted molar refractivity (Wildman–Crippen MR) is 81.0 cm³/mol. The molecule has 0 amide bonds. The quantitative estimate of drug-likeness (QED) is 0.608. The van der Waals surface area contributed by atoms with E-state index in [1.165, 1.54) is 12.1 Å². The van der Waals surface area contributed by atoms with Gasteiger partial charge in [0.05, 0.1) is 4.92 Å². The van der Waals surface area contributed by atoms with Crippen LogP contribution in [0.3, 0.4) is 0 Å². The fourth-order valence-electron chi connectivity index (χ4n) is 2.00. The van der Waals surface area contributed by atoms with Crippen LogP contribution in [0, 0.1) is 24.0 Å². The van der Waals surface area contributed by atoms with Crippen molar-refractivity contribution < 1.29 is 9.66 Å². The molecule has 0 N–H and O–H groups in total. The van der Waals surface area contributed by atoms with Crippen molar-refractivity contribution >= 4 is 21.6 Å². The summed E-state index contributed by atoms with van der Waals surface area (Å²) in [4.78, 5) is 10.4. The third kappa shape index (κ3) is 3.36. The minimum atomic E-state index is -0.390. The van der Waals surface area contributed by atoms with Gasteiger partial charge in [-0.2, -0.15) is 0 Å². The number of halogens is 1. The normalized spacial score (nSPS) is 10.3. The SMILES string of the molecule is Cc1cc([N+](=O)[O-])cc(C)c1OCc1ccc(Br)cc1. The maximum Gasteiger partial charge on any atom is 0.270 e. The van der Waals surface area contributed by atoms with Crippen molar-refractivity contribution in [2.45, 2.75) is 20.5 Å². The van der Waals surface area contributed by atoms with Gasteiger partial charge in [0.15, 0.2) is 0 Å². The van der Waals surface area contributed by atoms with E-state index in [1.807, 2.05) is 38.1 Å². The molecule has 0 unspecified atom stereocenters. The molecule has 4 nitrogen and oxygen atoms in total. The van der Waals surface area contributed by atoms with E-state index in [0.29, 0.717) is 12.4 Å². The molecule has 0 atom stereocenters. The van der Waals surface area contributed by atoms with E-state index in [4.69, 9.17) is 4.74 Å². The van der Waals surface area contributed by atoms with Crippen LogP contribution in [0.5, 0.6) is 5.75 Å². The first-order chi connectivity index (χ1) is 9.47. The Morgan fingerprint density at radius 1 is 1.15 bits per heavy atom. The standard InChI is InChI=1S/C15H14BrNO3/c1-10-7-14(17(18)19)8-11(2)15(10)20-9-12-3-5-13(16)6-4-12/h3-8H,9H2,1-2H3. The van der Waals surface area contributed by atoms with Crippen molar-refractivity contribution in [2.24, 2.45) is 0 Å². The van der Waals surface area contributed by atoms with Gasteiger partial charge in [0.2, 0.25) is 0 Å². The van der Waals surface area contributed by atoms with Gasteiger partial charge in [-0.25, -0.2) is 0 Å². The molecule has 2 rings (SSSR count). The van der Waals surface area contributed by atoms with Crippen molar-refractivity contribution in [1.29, 1.82) is 0 Å². The number of benzene rings is 2. The van der Waals surface area contributed by atoms with E-state index in [-0.39, 0.29) is 5.69 Å². The van der Waals surface area contributed by atoms with Crippen LogP contribution in [0.4, 0.5) is 5.69 Å². The summed E-state index contributed by atoms with van der Waals surface area (Å²) in [6, 6.07) is 10.9. The Kier molecular flexibility index (Phi) is 4.39. The highest BCUT2D eigenvalue weighted by atomic mass is 79.9. The van der Waals surface area contributed by atoms with Crippen molar-refractivity contribution in [2.75, 3.05) is 0 Å². The molecule has 104 valence electrons. The summed E-state index contributed by atoms with van der Waals surface area (Å²) in [5.74, 6) is 0.707. The Balaban J connectivity index is 2.17. The average Bonchev–Trinajstić information content (AvgIpc) is 2.39. The minimum Gasteiger partial charge on any atom is -0.488 e. The van der Waals surface area contributed by atoms with Gasteiger partial charge in [-0.1, -0.05) is 28.1 Å². The molecule has 20 heavy (non-hydrogen) atoms. The average molecular weight is 336 g/mol. The smallest absolute Gasteiger partial charge is 0.270 e. The minimum absolute atomic E-state index is 0.0935. The van der Waals surface area contributed by atoms with Crippen LogP contribution < -0.4 is 4.74 Å². The molecule has 0 aromatic heterocycles. The lowest BCUT2D eigenvalue weighted by atomic mass is 10.1. The molecule has 0 aliphatic heterocycles. The van der Waals surface area contributed by atoms with Gasteiger partial charge in [-0.3, -0.25) is 10.1 Å². The summed E-state index contributed by atoms with van der Waals surface area (Å²) >= 11 is 3.38. The van der Waals surface area contributed by atoms with Gasteiger partial charge in [0.25, 0.3) is 5.69 Å². The third-order valence-electron chi connectivity index (χ3n) is 2.95. The van der Waals surface area contributed by atoms with Crippen molar-refractivity contribution in [3.05, 3.63) is 67.7 Å². The molecule has 0 saturated heterocycles. The summed E-state index contributed by atoms with van der Waals surface area (Å²) in [6.45, 7) is 4.07. The fourth-order valence-corrected chi connectivity index (χ4v) is 2.26. The van der Waals surface area contributed by atoms with Crippen LogP contribution in [0.15, 0.2) is 40.9 Å². The van der Waals surface area contributed by atoms with Gasteiger partial charge in [-0.15, -0.1) is 0 Å². The molecular weight excluding hydrogens is 322 g/mol. The molecule has 0 bridgehead atoms. The van der Waals surface area contributed by atoms with E-state index in [0.717, 1.165) is 21.2 Å². The van der Waals surface area contributed by atoms with E-state index >= 15 is 0 Å². The molecule has 0 radical (unpaired) electrons. The summed E-state index contributed by atoms with van der Waals surface area (Å²) < 4.78 is 6.81. The largest absolute Gasteiger partial charge is 0.488 e. The second-order valence-electron chi connectivity index (χ2n) is 4.58. The first kappa shape index (κ1) is 14.5. The monoisotopic (exact) mass is 335 g/mol. The number of nitrogens with zero attached hydrogens (tertiary/aromatic N) is 1. The number of non-ortho nitro benzene ring substituents is 1. The van der Waals surface area contributed by atoms with Crippen LogP contribution in [0.1, 0.15) is 16.7 Å². The fraction of sp³-hybridized carbons (Fsp3) is 0.200. The number of ether oxygens (including phenoxy) is 1. The number of hydrogen-bond donors (Lipinski definition) is 0. The molecule has 0 aliphatic rings. The number of hydrogen-bond acceptors (Lipinski definition) is 3. The highest BCUT2D eigenvalue weighted by Crippen LogP contribution is 2.29. The highest BCUT2D eigenvalue weighted by Gasteiger charge is 2.13. The second kappa shape index (κ2) is 6.05. The topological polar surface area (TPSA) is 52.4 Å². The van der Waals surface area contributed by atoms with Crippen molar-refractivity contribution in [1.82, 2.24) is 0 Å². The second-order valence-corrected chi connectivity index (χ2v) is 5.50. The number of nitro benzene ring substituents is 1. The lowest BCUT2D eigenvalue weighted by Gasteiger charge is -2.12. The van der Waals surface area contributed by atoms with Gasteiger partial charge in [0.1, 0.15) is 12.4 Å². The maximum atomic E-state index is 10.8.